The number of rotatable bonds is 6. The van der Waals surface area contributed by atoms with Gasteiger partial charge in [0.1, 0.15) is 11.5 Å². The quantitative estimate of drug-likeness (QED) is 0.561. The van der Waals surface area contributed by atoms with E-state index in [1.807, 2.05) is 0 Å². The maximum Gasteiger partial charge on any atom is 0.284 e. The number of aldehydes is 1. The van der Waals surface area contributed by atoms with Crippen molar-refractivity contribution in [3.63, 3.8) is 0 Å². The first-order valence-corrected chi connectivity index (χ1v) is 8.23. The molecule has 24 heavy (non-hydrogen) atoms. The lowest BCUT2D eigenvalue weighted by Crippen LogP contribution is -1.88. The smallest absolute Gasteiger partial charge is 0.284 e. The largest absolute Gasteiger partial charge is 0.497 e. The van der Waals surface area contributed by atoms with Gasteiger partial charge in [-0.25, -0.2) is 0 Å². The zero-order chi connectivity index (χ0) is 17.1. The van der Waals surface area contributed by atoms with Crippen molar-refractivity contribution >= 4 is 34.0 Å². The lowest BCUT2D eigenvalue weighted by Gasteiger charge is -2.05. The van der Waals surface area contributed by atoms with Crippen molar-refractivity contribution in [2.75, 3.05) is 14.2 Å². The number of methoxy groups -OCH3 is 2. The number of carbonyl (C=O) groups excluding carboxylic acids is 1. The standard InChI is InChI=1S/C15H11BrN2O5S/c1-20-9-3-8(4-10(5-9)21-2)13-17-18-15(23-13)24-14-12(16)6-11(7-19)22-14/h3-7H,1-2H3. The van der Waals surface area contributed by atoms with Crippen LogP contribution < -0.4 is 9.47 Å². The fourth-order valence-corrected chi connectivity index (χ4v) is 3.08. The van der Waals surface area contributed by atoms with Gasteiger partial charge in [0.15, 0.2) is 17.1 Å². The van der Waals surface area contributed by atoms with Gasteiger partial charge >= 0.3 is 0 Å². The Kier molecular flexibility index (Phi) is 4.91. The molecule has 9 heteroatoms. The number of ether oxygens (including phenoxy) is 2. The van der Waals surface area contributed by atoms with Gasteiger partial charge in [0, 0.05) is 29.5 Å². The van der Waals surface area contributed by atoms with E-state index >= 15 is 0 Å². The molecule has 0 N–H and O–H groups in total. The summed E-state index contributed by atoms with van der Waals surface area (Å²) in [5.41, 5.74) is 0.664. The van der Waals surface area contributed by atoms with Gasteiger partial charge in [-0.15, -0.1) is 10.2 Å². The summed E-state index contributed by atoms with van der Waals surface area (Å²) in [5.74, 6) is 1.75. The molecule has 7 nitrogen and oxygen atoms in total. The second-order valence-electron chi connectivity index (χ2n) is 4.48. The molecule has 0 bridgehead atoms. The first kappa shape index (κ1) is 16.6. The first-order chi connectivity index (χ1) is 11.6. The van der Waals surface area contributed by atoms with Gasteiger partial charge < -0.3 is 18.3 Å². The Bertz CT molecular complexity index is 854. The highest BCUT2D eigenvalue weighted by atomic mass is 79.9. The third-order valence-electron chi connectivity index (χ3n) is 2.98. The molecule has 0 amide bonds. The molecule has 0 fully saturated rings. The molecule has 2 heterocycles. The maximum atomic E-state index is 10.7. The highest BCUT2D eigenvalue weighted by Crippen LogP contribution is 2.36. The van der Waals surface area contributed by atoms with Crippen LogP contribution in [0.4, 0.5) is 0 Å². The molecular formula is C15H11BrN2O5S. The Hall–Kier alpha value is -2.26. The van der Waals surface area contributed by atoms with E-state index in [0.29, 0.717) is 38.8 Å². The molecule has 0 saturated heterocycles. The van der Waals surface area contributed by atoms with Crippen LogP contribution >= 0.6 is 27.7 Å². The van der Waals surface area contributed by atoms with E-state index in [1.54, 1.807) is 38.5 Å². The number of carbonyl (C=O) groups is 1. The molecule has 0 spiro atoms. The molecule has 3 rings (SSSR count). The van der Waals surface area contributed by atoms with E-state index in [-0.39, 0.29) is 11.0 Å². The van der Waals surface area contributed by atoms with E-state index in [9.17, 15) is 4.79 Å². The molecule has 0 atom stereocenters. The molecule has 1 aromatic carbocycles. The van der Waals surface area contributed by atoms with E-state index in [4.69, 9.17) is 18.3 Å². The molecule has 2 aromatic heterocycles. The molecule has 3 aromatic rings. The number of halogens is 1. The summed E-state index contributed by atoms with van der Waals surface area (Å²) in [6, 6.07) is 6.84. The van der Waals surface area contributed by atoms with Crippen LogP contribution in [-0.4, -0.2) is 30.7 Å². The van der Waals surface area contributed by atoms with Gasteiger partial charge in [-0.3, -0.25) is 4.79 Å². The van der Waals surface area contributed by atoms with Crippen molar-refractivity contribution < 1.29 is 23.1 Å². The minimum Gasteiger partial charge on any atom is -0.497 e. The zero-order valence-corrected chi connectivity index (χ0v) is 15.0. The number of furan rings is 1. The van der Waals surface area contributed by atoms with Gasteiger partial charge in [-0.2, -0.15) is 0 Å². The molecule has 0 radical (unpaired) electrons. The molecule has 0 unspecified atom stereocenters. The van der Waals surface area contributed by atoms with E-state index in [1.165, 1.54) is 0 Å². The van der Waals surface area contributed by atoms with Crippen LogP contribution in [0.2, 0.25) is 0 Å². The fraction of sp³-hybridized carbons (Fsp3) is 0.133. The Labute approximate surface area is 149 Å². The zero-order valence-electron chi connectivity index (χ0n) is 12.6. The number of benzene rings is 1. The average Bonchev–Trinajstić information content (AvgIpc) is 3.21. The van der Waals surface area contributed by atoms with E-state index in [2.05, 4.69) is 26.1 Å². The van der Waals surface area contributed by atoms with Crippen LogP contribution in [0.25, 0.3) is 11.5 Å². The summed E-state index contributed by atoms with van der Waals surface area (Å²) in [5, 5.41) is 8.72. The summed E-state index contributed by atoms with van der Waals surface area (Å²) < 4.78 is 22.0. The predicted octanol–water partition coefficient (Wildman–Crippen LogP) is 4.07. The second-order valence-corrected chi connectivity index (χ2v) is 6.26. The highest BCUT2D eigenvalue weighted by molar-refractivity contribution is 9.10. The van der Waals surface area contributed by atoms with Crippen LogP contribution in [0.5, 0.6) is 11.5 Å². The van der Waals surface area contributed by atoms with Crippen molar-refractivity contribution in [2.45, 2.75) is 10.3 Å². The Balaban J connectivity index is 1.87. The number of hydrogen-bond donors (Lipinski definition) is 0. The van der Waals surface area contributed by atoms with Gasteiger partial charge in [-0.05, 0) is 28.1 Å². The molecule has 0 aliphatic rings. The summed E-state index contributed by atoms with van der Waals surface area (Å²) in [4.78, 5) is 10.7. The predicted molar refractivity (Wildman–Crippen MR) is 88.8 cm³/mol. The maximum absolute atomic E-state index is 10.7. The van der Waals surface area contributed by atoms with Crippen molar-refractivity contribution in [1.82, 2.24) is 10.2 Å². The number of hydrogen-bond acceptors (Lipinski definition) is 8. The lowest BCUT2D eigenvalue weighted by molar-refractivity contribution is 0.109. The molecule has 0 aliphatic carbocycles. The van der Waals surface area contributed by atoms with Crippen LogP contribution in [0.3, 0.4) is 0 Å². The van der Waals surface area contributed by atoms with Crippen molar-refractivity contribution in [3.05, 3.63) is 34.5 Å². The monoisotopic (exact) mass is 410 g/mol. The van der Waals surface area contributed by atoms with Crippen LogP contribution in [-0.2, 0) is 0 Å². The third kappa shape index (κ3) is 3.46. The number of nitrogens with zero attached hydrogens (tertiary/aromatic N) is 2. The summed E-state index contributed by atoms with van der Waals surface area (Å²) in [6.07, 6.45) is 0.622. The summed E-state index contributed by atoms with van der Waals surface area (Å²) >= 11 is 4.42. The third-order valence-corrected chi connectivity index (χ3v) is 4.66. The summed E-state index contributed by atoms with van der Waals surface area (Å²) in [7, 11) is 3.12. The summed E-state index contributed by atoms with van der Waals surface area (Å²) in [6.45, 7) is 0. The van der Waals surface area contributed by atoms with E-state index in [0.717, 1.165) is 11.8 Å². The lowest BCUT2D eigenvalue weighted by atomic mass is 10.2. The van der Waals surface area contributed by atoms with Crippen molar-refractivity contribution in [3.8, 4) is 23.0 Å². The molecule has 0 aliphatic heterocycles. The SMILES string of the molecule is COc1cc(OC)cc(-c2nnc(Sc3oc(C=O)cc3Br)o2)c1. The van der Waals surface area contributed by atoms with E-state index < -0.39 is 0 Å². The average molecular weight is 411 g/mol. The Morgan fingerprint density at radius 3 is 2.38 bits per heavy atom. The minimum absolute atomic E-state index is 0.210. The number of aromatic nitrogens is 2. The Morgan fingerprint density at radius 2 is 1.79 bits per heavy atom. The van der Waals surface area contributed by atoms with Crippen molar-refractivity contribution in [1.29, 1.82) is 0 Å². The van der Waals surface area contributed by atoms with Crippen molar-refractivity contribution in [2.24, 2.45) is 0 Å². The minimum atomic E-state index is 0.210. The van der Waals surface area contributed by atoms with Crippen LogP contribution in [0.1, 0.15) is 10.6 Å². The molecule has 0 saturated carbocycles. The Morgan fingerprint density at radius 1 is 1.08 bits per heavy atom. The van der Waals surface area contributed by atoms with Gasteiger partial charge in [0.2, 0.25) is 5.89 Å². The normalized spacial score (nSPS) is 10.6. The van der Waals surface area contributed by atoms with Gasteiger partial charge in [-0.1, -0.05) is 0 Å². The topological polar surface area (TPSA) is 87.6 Å². The first-order valence-electron chi connectivity index (χ1n) is 6.62. The molecule has 124 valence electrons. The van der Waals surface area contributed by atoms with Crippen LogP contribution in [0.15, 0.2) is 47.9 Å². The fourth-order valence-electron chi connectivity index (χ4n) is 1.87. The second kappa shape index (κ2) is 7.10. The van der Waals surface area contributed by atoms with Gasteiger partial charge in [0.05, 0.1) is 18.7 Å². The van der Waals surface area contributed by atoms with Crippen LogP contribution in [0, 0.1) is 0 Å². The van der Waals surface area contributed by atoms with Gasteiger partial charge in [0.25, 0.3) is 5.22 Å². The molecular weight excluding hydrogens is 400 g/mol. The highest BCUT2D eigenvalue weighted by Gasteiger charge is 2.16.